The second kappa shape index (κ2) is 6.98. The number of rotatable bonds is 7. The van der Waals surface area contributed by atoms with Crippen molar-refractivity contribution in [2.45, 2.75) is 63.8 Å². The Bertz CT molecular complexity index is 311. The van der Waals surface area contributed by atoms with Gasteiger partial charge in [-0.05, 0) is 32.7 Å². The van der Waals surface area contributed by atoms with Gasteiger partial charge in [0.25, 0.3) is 0 Å². The quantitative estimate of drug-likeness (QED) is 0.778. The van der Waals surface area contributed by atoms with Crippen molar-refractivity contribution in [1.82, 2.24) is 10.2 Å². The Hall–Kier alpha value is -0.220. The lowest BCUT2D eigenvalue weighted by Crippen LogP contribution is -2.40. The van der Waals surface area contributed by atoms with Crippen LogP contribution in [0.3, 0.4) is 0 Å². The lowest BCUT2D eigenvalue weighted by Gasteiger charge is -2.25. The van der Waals surface area contributed by atoms with E-state index in [9.17, 15) is 0 Å². The van der Waals surface area contributed by atoms with Gasteiger partial charge in [0, 0.05) is 23.9 Å². The number of amidine groups is 1. The summed E-state index contributed by atoms with van der Waals surface area (Å²) in [5, 5.41) is 5.43. The summed E-state index contributed by atoms with van der Waals surface area (Å²) in [4.78, 5) is 7.18. The topological polar surface area (TPSA) is 27.6 Å². The Kier molecular flexibility index (Phi) is 5.58. The molecule has 1 aliphatic carbocycles. The zero-order valence-electron chi connectivity index (χ0n) is 12.9. The molecule has 0 amide bonds. The first-order valence-corrected chi connectivity index (χ1v) is 8.70. The fourth-order valence-corrected chi connectivity index (χ4v) is 4.10. The lowest BCUT2D eigenvalue weighted by atomic mass is 9.99. The third-order valence-electron chi connectivity index (χ3n) is 4.62. The average Bonchev–Trinajstić information content (AvgIpc) is 3.17. The fraction of sp³-hybridized carbons (Fsp3) is 0.933. The second-order valence-corrected chi connectivity index (χ2v) is 7.23. The van der Waals surface area contributed by atoms with Gasteiger partial charge in [-0.25, -0.2) is 0 Å². The summed E-state index contributed by atoms with van der Waals surface area (Å²) in [6, 6.07) is 1.44. The Morgan fingerprint density at radius 3 is 2.63 bits per heavy atom. The molecule has 1 heterocycles. The zero-order valence-corrected chi connectivity index (χ0v) is 13.7. The van der Waals surface area contributed by atoms with Gasteiger partial charge in [-0.2, -0.15) is 0 Å². The van der Waals surface area contributed by atoms with Crippen LogP contribution < -0.4 is 5.32 Å². The van der Waals surface area contributed by atoms with Gasteiger partial charge in [0.2, 0.25) is 0 Å². The van der Waals surface area contributed by atoms with Crippen LogP contribution in [0, 0.1) is 5.92 Å². The van der Waals surface area contributed by atoms with E-state index in [-0.39, 0.29) is 0 Å². The van der Waals surface area contributed by atoms with E-state index in [0.29, 0.717) is 11.3 Å². The summed E-state index contributed by atoms with van der Waals surface area (Å²) < 4.78 is 0. The van der Waals surface area contributed by atoms with E-state index in [4.69, 9.17) is 0 Å². The first-order chi connectivity index (χ1) is 9.15. The van der Waals surface area contributed by atoms with Crippen molar-refractivity contribution in [3.05, 3.63) is 0 Å². The SMILES string of the molecule is CCC(CC)C1CN=C(NCC(C)N(C)C2CC2)S1. The van der Waals surface area contributed by atoms with E-state index in [1.165, 1.54) is 30.9 Å². The first-order valence-electron chi connectivity index (χ1n) is 7.82. The maximum atomic E-state index is 4.68. The number of aliphatic imine (C=N–C) groups is 1. The van der Waals surface area contributed by atoms with Gasteiger partial charge < -0.3 is 5.32 Å². The highest BCUT2D eigenvalue weighted by Crippen LogP contribution is 2.30. The number of nitrogens with zero attached hydrogens (tertiary/aromatic N) is 2. The van der Waals surface area contributed by atoms with Gasteiger partial charge in [0.15, 0.2) is 5.17 Å². The minimum absolute atomic E-state index is 0.600. The van der Waals surface area contributed by atoms with Gasteiger partial charge in [0.1, 0.15) is 0 Å². The molecule has 0 bridgehead atoms. The van der Waals surface area contributed by atoms with E-state index in [2.05, 4.69) is 43.0 Å². The molecule has 1 fully saturated rings. The van der Waals surface area contributed by atoms with Crippen molar-refractivity contribution in [2.24, 2.45) is 10.9 Å². The van der Waals surface area contributed by atoms with Crippen LogP contribution in [0.15, 0.2) is 4.99 Å². The van der Waals surface area contributed by atoms with Crippen molar-refractivity contribution >= 4 is 16.9 Å². The minimum atomic E-state index is 0.600. The number of hydrogen-bond donors (Lipinski definition) is 1. The molecule has 3 nitrogen and oxygen atoms in total. The molecule has 0 aromatic carbocycles. The third kappa shape index (κ3) is 4.12. The molecule has 0 spiro atoms. The Morgan fingerprint density at radius 2 is 2.05 bits per heavy atom. The van der Waals surface area contributed by atoms with E-state index in [0.717, 1.165) is 25.0 Å². The van der Waals surface area contributed by atoms with Crippen molar-refractivity contribution in [1.29, 1.82) is 0 Å². The molecular weight excluding hydrogens is 254 g/mol. The highest BCUT2D eigenvalue weighted by atomic mass is 32.2. The molecule has 1 saturated carbocycles. The molecule has 1 aliphatic heterocycles. The molecule has 110 valence electrons. The highest BCUT2D eigenvalue weighted by Gasteiger charge is 2.30. The van der Waals surface area contributed by atoms with E-state index in [1.54, 1.807) is 0 Å². The third-order valence-corrected chi connectivity index (χ3v) is 5.95. The maximum absolute atomic E-state index is 4.68. The first kappa shape index (κ1) is 15.2. The molecule has 0 aromatic heterocycles. The normalized spacial score (nSPS) is 24.9. The largest absolute Gasteiger partial charge is 0.363 e. The summed E-state index contributed by atoms with van der Waals surface area (Å²) in [6.07, 6.45) is 5.32. The van der Waals surface area contributed by atoms with Crippen LogP contribution >= 0.6 is 11.8 Å². The molecule has 2 atom stereocenters. The summed E-state index contributed by atoms with van der Waals surface area (Å²) in [5.74, 6) is 0.819. The van der Waals surface area contributed by atoms with E-state index >= 15 is 0 Å². The van der Waals surface area contributed by atoms with Crippen LogP contribution in [0.5, 0.6) is 0 Å². The standard InChI is InChI=1S/C15H29N3S/c1-5-12(6-2)14-10-17-15(19-14)16-9-11(3)18(4)13-7-8-13/h11-14H,5-10H2,1-4H3,(H,16,17). The van der Waals surface area contributed by atoms with Gasteiger partial charge in [0.05, 0.1) is 6.54 Å². The Morgan fingerprint density at radius 1 is 1.37 bits per heavy atom. The summed E-state index contributed by atoms with van der Waals surface area (Å²) in [7, 11) is 2.25. The number of hydrogen-bond acceptors (Lipinski definition) is 4. The molecule has 1 N–H and O–H groups in total. The van der Waals surface area contributed by atoms with Crippen molar-refractivity contribution in [3.63, 3.8) is 0 Å². The highest BCUT2D eigenvalue weighted by molar-refractivity contribution is 8.14. The van der Waals surface area contributed by atoms with Crippen molar-refractivity contribution in [3.8, 4) is 0 Å². The predicted octanol–water partition coefficient (Wildman–Crippen LogP) is 2.97. The zero-order chi connectivity index (χ0) is 13.8. The fourth-order valence-electron chi connectivity index (χ4n) is 2.77. The van der Waals surface area contributed by atoms with E-state index in [1.807, 2.05) is 11.8 Å². The number of thioether (sulfide) groups is 1. The van der Waals surface area contributed by atoms with Crippen LogP contribution in [0.4, 0.5) is 0 Å². The second-order valence-electron chi connectivity index (χ2n) is 6.01. The van der Waals surface area contributed by atoms with Crippen molar-refractivity contribution < 1.29 is 0 Å². The predicted molar refractivity (Wildman–Crippen MR) is 86.0 cm³/mol. The Labute approximate surface area is 122 Å². The van der Waals surface area contributed by atoms with Crippen LogP contribution in [-0.4, -0.2) is 47.5 Å². The van der Waals surface area contributed by atoms with Gasteiger partial charge in [-0.15, -0.1) is 0 Å². The van der Waals surface area contributed by atoms with Crippen molar-refractivity contribution in [2.75, 3.05) is 20.1 Å². The molecular formula is C15H29N3S. The van der Waals surface area contributed by atoms with Crippen LogP contribution in [0.1, 0.15) is 46.5 Å². The van der Waals surface area contributed by atoms with Gasteiger partial charge >= 0.3 is 0 Å². The van der Waals surface area contributed by atoms with E-state index < -0.39 is 0 Å². The molecule has 0 saturated heterocycles. The molecule has 2 rings (SSSR count). The molecule has 0 radical (unpaired) electrons. The molecule has 2 aliphatic rings. The van der Waals surface area contributed by atoms with Gasteiger partial charge in [-0.3, -0.25) is 9.89 Å². The molecule has 0 aromatic rings. The van der Waals surface area contributed by atoms with Crippen LogP contribution in [-0.2, 0) is 0 Å². The molecule has 2 unspecified atom stereocenters. The summed E-state index contributed by atoms with van der Waals surface area (Å²) in [5.41, 5.74) is 0. The molecule has 4 heteroatoms. The number of likely N-dealkylation sites (N-methyl/N-ethyl adjacent to an activating group) is 1. The van der Waals surface area contributed by atoms with Crippen LogP contribution in [0.2, 0.25) is 0 Å². The number of nitrogens with one attached hydrogen (secondary N) is 1. The average molecular weight is 283 g/mol. The lowest BCUT2D eigenvalue weighted by molar-refractivity contribution is 0.248. The summed E-state index contributed by atoms with van der Waals surface area (Å²) >= 11 is 1.97. The monoisotopic (exact) mass is 283 g/mol. The van der Waals surface area contributed by atoms with Crippen LogP contribution in [0.25, 0.3) is 0 Å². The van der Waals surface area contributed by atoms with Gasteiger partial charge in [-0.1, -0.05) is 38.5 Å². The summed E-state index contributed by atoms with van der Waals surface area (Å²) in [6.45, 7) is 8.93. The molecule has 19 heavy (non-hydrogen) atoms. The maximum Gasteiger partial charge on any atom is 0.156 e. The Balaban J connectivity index is 1.69. The minimum Gasteiger partial charge on any atom is -0.363 e. The smallest absolute Gasteiger partial charge is 0.156 e.